The van der Waals surface area contributed by atoms with Crippen LogP contribution in [0.5, 0.6) is 0 Å². The number of benzene rings is 2. The number of carbonyl (C=O) groups excluding carboxylic acids is 2. The van der Waals surface area contributed by atoms with Gasteiger partial charge in [0.1, 0.15) is 0 Å². The van der Waals surface area contributed by atoms with Crippen LogP contribution in [0.25, 0.3) is 0 Å². The molecule has 23 heavy (non-hydrogen) atoms. The lowest BCUT2D eigenvalue weighted by atomic mass is 10.1. The highest BCUT2D eigenvalue weighted by atomic mass is 32.2. The van der Waals surface area contributed by atoms with Gasteiger partial charge in [-0.15, -0.1) is 11.8 Å². The first-order valence-corrected chi connectivity index (χ1v) is 8.70. The average molecular weight is 326 g/mol. The predicted molar refractivity (Wildman–Crippen MR) is 93.8 cm³/mol. The normalized spacial score (nSPS) is 17.3. The average Bonchev–Trinajstić information content (AvgIpc) is 2.98. The van der Waals surface area contributed by atoms with Gasteiger partial charge in [-0.05, 0) is 36.6 Å². The lowest BCUT2D eigenvalue weighted by Crippen LogP contribution is -2.28. The maximum absolute atomic E-state index is 12.4. The molecule has 3 rings (SSSR count). The third-order valence-electron chi connectivity index (χ3n) is 3.90. The van der Waals surface area contributed by atoms with Crippen molar-refractivity contribution in [2.45, 2.75) is 11.3 Å². The van der Waals surface area contributed by atoms with E-state index in [1.54, 1.807) is 16.7 Å². The Morgan fingerprint density at radius 2 is 1.96 bits per heavy atom. The fourth-order valence-electron chi connectivity index (χ4n) is 2.69. The second-order valence-corrected chi connectivity index (χ2v) is 6.34. The second-order valence-electron chi connectivity index (χ2n) is 5.46. The smallest absolute Gasteiger partial charge is 0.229 e. The highest BCUT2D eigenvalue weighted by molar-refractivity contribution is 7.98. The van der Waals surface area contributed by atoms with Gasteiger partial charge in [0.2, 0.25) is 11.8 Å². The number of para-hydroxylation sites is 1. The van der Waals surface area contributed by atoms with Crippen molar-refractivity contribution in [3.63, 3.8) is 0 Å². The molecular weight excluding hydrogens is 308 g/mol. The van der Waals surface area contributed by atoms with Crippen molar-refractivity contribution < 1.29 is 9.59 Å². The Kier molecular flexibility index (Phi) is 4.67. The molecular formula is C18H18N2O2S. The zero-order valence-electron chi connectivity index (χ0n) is 12.9. The van der Waals surface area contributed by atoms with E-state index in [9.17, 15) is 9.59 Å². The molecule has 0 bridgehead atoms. The number of nitrogens with one attached hydrogen (secondary N) is 1. The fourth-order valence-corrected chi connectivity index (χ4v) is 3.15. The molecule has 118 valence electrons. The molecule has 1 atom stereocenters. The molecule has 1 aliphatic heterocycles. The molecule has 2 aromatic rings. The summed E-state index contributed by atoms with van der Waals surface area (Å²) >= 11 is 1.63. The van der Waals surface area contributed by atoms with Crippen LogP contribution in [0, 0.1) is 5.92 Å². The maximum atomic E-state index is 12.4. The first kappa shape index (κ1) is 15.6. The summed E-state index contributed by atoms with van der Waals surface area (Å²) in [6, 6.07) is 17.2. The number of hydrogen-bond donors (Lipinski definition) is 1. The number of anilines is 2. The highest BCUT2D eigenvalue weighted by Crippen LogP contribution is 2.26. The van der Waals surface area contributed by atoms with Crippen LogP contribution >= 0.6 is 11.8 Å². The van der Waals surface area contributed by atoms with Crippen LogP contribution in [0.15, 0.2) is 59.5 Å². The van der Waals surface area contributed by atoms with Gasteiger partial charge in [0.05, 0.1) is 5.92 Å². The minimum atomic E-state index is -0.319. The van der Waals surface area contributed by atoms with Crippen LogP contribution in [0.4, 0.5) is 11.4 Å². The van der Waals surface area contributed by atoms with E-state index >= 15 is 0 Å². The molecule has 0 spiro atoms. The van der Waals surface area contributed by atoms with E-state index in [-0.39, 0.29) is 24.2 Å². The summed E-state index contributed by atoms with van der Waals surface area (Å²) in [5.74, 6) is -0.426. The molecule has 2 aromatic carbocycles. The molecule has 1 fully saturated rings. The summed E-state index contributed by atoms with van der Waals surface area (Å²) in [7, 11) is 0. The summed E-state index contributed by atoms with van der Waals surface area (Å²) < 4.78 is 0. The van der Waals surface area contributed by atoms with E-state index in [2.05, 4.69) is 5.32 Å². The molecule has 0 aromatic heterocycles. The summed E-state index contributed by atoms with van der Waals surface area (Å²) in [6.45, 7) is 0.427. The zero-order valence-corrected chi connectivity index (χ0v) is 13.7. The Hall–Kier alpha value is -2.27. The summed E-state index contributed by atoms with van der Waals surface area (Å²) in [5.41, 5.74) is 1.62. The topological polar surface area (TPSA) is 49.4 Å². The van der Waals surface area contributed by atoms with Gasteiger partial charge in [-0.2, -0.15) is 0 Å². The van der Waals surface area contributed by atoms with Crippen molar-refractivity contribution in [3.8, 4) is 0 Å². The Bertz CT molecular complexity index is 718. The Morgan fingerprint density at radius 3 is 2.70 bits per heavy atom. The quantitative estimate of drug-likeness (QED) is 0.876. The molecule has 1 heterocycles. The van der Waals surface area contributed by atoms with E-state index in [1.165, 1.54) is 0 Å². The second kappa shape index (κ2) is 6.87. The van der Waals surface area contributed by atoms with Crippen LogP contribution < -0.4 is 10.2 Å². The van der Waals surface area contributed by atoms with E-state index in [0.29, 0.717) is 6.54 Å². The third kappa shape index (κ3) is 3.56. The van der Waals surface area contributed by atoms with Crippen molar-refractivity contribution in [1.29, 1.82) is 0 Å². The number of hydrogen-bond acceptors (Lipinski definition) is 3. The number of nitrogens with zero attached hydrogens (tertiary/aromatic N) is 1. The molecule has 1 aliphatic rings. The molecule has 1 N–H and O–H groups in total. The van der Waals surface area contributed by atoms with Crippen LogP contribution in [0.1, 0.15) is 6.42 Å². The summed E-state index contributed by atoms with van der Waals surface area (Å²) in [6.07, 6.45) is 2.25. The third-order valence-corrected chi connectivity index (χ3v) is 4.63. The number of amides is 2. The Morgan fingerprint density at radius 1 is 1.17 bits per heavy atom. The Labute approximate surface area is 139 Å². The van der Waals surface area contributed by atoms with Gasteiger partial charge in [-0.1, -0.05) is 24.3 Å². The highest BCUT2D eigenvalue weighted by Gasteiger charge is 2.35. The standard InChI is InChI=1S/C18H18N2O2S/c1-23-16-9-5-6-14(11-16)19-18(22)13-10-17(21)20(12-13)15-7-3-2-4-8-15/h2-9,11,13H,10,12H2,1H3,(H,19,22). The van der Waals surface area contributed by atoms with Gasteiger partial charge in [-0.25, -0.2) is 0 Å². The molecule has 5 heteroatoms. The van der Waals surface area contributed by atoms with E-state index in [4.69, 9.17) is 0 Å². The van der Waals surface area contributed by atoms with Crippen molar-refractivity contribution in [2.75, 3.05) is 23.0 Å². The fraction of sp³-hybridized carbons (Fsp3) is 0.222. The zero-order chi connectivity index (χ0) is 16.2. The molecule has 1 unspecified atom stereocenters. The SMILES string of the molecule is CSc1cccc(NC(=O)C2CC(=O)N(c3ccccc3)C2)c1. The van der Waals surface area contributed by atoms with Crippen molar-refractivity contribution in [2.24, 2.45) is 5.92 Å². The van der Waals surface area contributed by atoms with E-state index in [1.807, 2.05) is 60.9 Å². The van der Waals surface area contributed by atoms with Gasteiger partial charge in [0.25, 0.3) is 0 Å². The molecule has 0 saturated carbocycles. The minimum absolute atomic E-state index is 0.00536. The van der Waals surface area contributed by atoms with Crippen LogP contribution in [0.2, 0.25) is 0 Å². The van der Waals surface area contributed by atoms with Gasteiger partial charge < -0.3 is 10.2 Å². The van der Waals surface area contributed by atoms with Crippen LogP contribution in [-0.2, 0) is 9.59 Å². The summed E-state index contributed by atoms with van der Waals surface area (Å²) in [5, 5.41) is 2.92. The number of thioether (sulfide) groups is 1. The van der Waals surface area contributed by atoms with Gasteiger partial charge >= 0.3 is 0 Å². The largest absolute Gasteiger partial charge is 0.326 e. The minimum Gasteiger partial charge on any atom is -0.326 e. The molecule has 4 nitrogen and oxygen atoms in total. The van der Waals surface area contributed by atoms with Crippen molar-refractivity contribution in [1.82, 2.24) is 0 Å². The first-order chi connectivity index (χ1) is 11.2. The number of rotatable bonds is 4. The molecule has 1 saturated heterocycles. The Balaban J connectivity index is 1.68. The summed E-state index contributed by atoms with van der Waals surface area (Å²) in [4.78, 5) is 27.4. The monoisotopic (exact) mass is 326 g/mol. The molecule has 0 radical (unpaired) electrons. The van der Waals surface area contributed by atoms with Crippen LogP contribution in [0.3, 0.4) is 0 Å². The van der Waals surface area contributed by atoms with Crippen molar-refractivity contribution in [3.05, 3.63) is 54.6 Å². The van der Waals surface area contributed by atoms with Crippen LogP contribution in [-0.4, -0.2) is 24.6 Å². The van der Waals surface area contributed by atoms with Crippen molar-refractivity contribution >= 4 is 35.0 Å². The lowest BCUT2D eigenvalue weighted by molar-refractivity contribution is -0.122. The molecule has 2 amide bonds. The molecule has 0 aliphatic carbocycles. The first-order valence-electron chi connectivity index (χ1n) is 7.47. The van der Waals surface area contributed by atoms with E-state index in [0.717, 1.165) is 16.3 Å². The van der Waals surface area contributed by atoms with E-state index < -0.39 is 0 Å². The van der Waals surface area contributed by atoms with Gasteiger partial charge in [0, 0.05) is 29.2 Å². The van der Waals surface area contributed by atoms with Gasteiger partial charge in [-0.3, -0.25) is 9.59 Å². The predicted octanol–water partition coefficient (Wildman–Crippen LogP) is 3.40. The van der Waals surface area contributed by atoms with Gasteiger partial charge in [0.15, 0.2) is 0 Å². The maximum Gasteiger partial charge on any atom is 0.229 e. The lowest BCUT2D eigenvalue weighted by Gasteiger charge is -2.16. The number of carbonyl (C=O) groups is 2.